The van der Waals surface area contributed by atoms with Crippen LogP contribution in [0, 0.1) is 0 Å². The molecule has 2 fully saturated rings. The Kier molecular flexibility index (Phi) is 6.69. The van der Waals surface area contributed by atoms with Gasteiger partial charge >= 0.3 is 7.82 Å². The Balaban J connectivity index is 0.000000275. The summed E-state index contributed by atoms with van der Waals surface area (Å²) in [6.45, 7) is -1.37. The zero-order chi connectivity index (χ0) is 22.1. The van der Waals surface area contributed by atoms with Crippen molar-refractivity contribution in [2.75, 3.05) is 32.2 Å². The zero-order valence-corrected chi connectivity index (χ0v) is 16.4. The van der Waals surface area contributed by atoms with Crippen molar-refractivity contribution < 1.29 is 43.7 Å². The summed E-state index contributed by atoms with van der Waals surface area (Å²) in [4.78, 5) is 21.3. The minimum absolute atomic E-state index is 0.157. The Hall–Kier alpha value is -1.78. The normalized spacial score (nSPS) is 31.3. The first-order chi connectivity index (χ1) is 14.1. The van der Waals surface area contributed by atoms with E-state index in [4.69, 9.17) is 36.0 Å². The lowest BCUT2D eigenvalue weighted by molar-refractivity contribution is -0.0664. The van der Waals surface area contributed by atoms with Crippen LogP contribution in [0.4, 0.5) is 5.82 Å². The largest absolute Gasteiger partial charge is 0.472 e. The van der Waals surface area contributed by atoms with Crippen molar-refractivity contribution in [3.63, 3.8) is 0 Å². The van der Waals surface area contributed by atoms with E-state index >= 15 is 0 Å². The number of aromatic nitrogens is 4. The van der Waals surface area contributed by atoms with Gasteiger partial charge in [-0.05, 0) is 0 Å². The van der Waals surface area contributed by atoms with Gasteiger partial charge in [-0.15, -0.1) is 0 Å². The van der Waals surface area contributed by atoms with E-state index in [1.807, 2.05) is 0 Å². The number of nitrogens with two attached hydrogens (primary N) is 2. The number of rotatable bonds is 4. The molecule has 5 atom stereocenters. The maximum atomic E-state index is 11.5. The third kappa shape index (κ3) is 4.45. The van der Waals surface area contributed by atoms with Gasteiger partial charge in [-0.1, -0.05) is 0 Å². The summed E-state index contributed by atoms with van der Waals surface area (Å²) in [6, 6.07) is 0. The lowest BCUT2D eigenvalue weighted by atomic mass is 10.1. The molecule has 9 N–H and O–H groups in total. The van der Waals surface area contributed by atoms with Crippen molar-refractivity contribution >= 4 is 24.8 Å². The lowest BCUT2D eigenvalue weighted by Gasteiger charge is -2.27. The van der Waals surface area contributed by atoms with Gasteiger partial charge in [0.2, 0.25) is 0 Å². The fraction of sp³-hybridized carbons (Fsp3) is 0.643. The van der Waals surface area contributed by atoms with E-state index in [0.29, 0.717) is 11.2 Å². The quantitative estimate of drug-likeness (QED) is 0.227. The number of phosphoric acid groups is 1. The van der Waals surface area contributed by atoms with Crippen molar-refractivity contribution in [2.24, 2.45) is 5.73 Å². The molecular formula is C14H23N6O9P. The average Bonchev–Trinajstić information content (AvgIpc) is 3.29. The number of aliphatic hydroxyl groups is 4. The molecule has 0 spiro atoms. The minimum atomic E-state index is -4.16. The van der Waals surface area contributed by atoms with Crippen molar-refractivity contribution in [2.45, 2.75) is 30.1 Å². The minimum Gasteiger partial charge on any atom is -0.394 e. The van der Waals surface area contributed by atoms with Crippen molar-refractivity contribution in [3.8, 4) is 0 Å². The number of nitrogens with zero attached hydrogens (tertiary/aromatic N) is 4. The molecule has 30 heavy (non-hydrogen) atoms. The summed E-state index contributed by atoms with van der Waals surface area (Å²) >= 11 is 0. The van der Waals surface area contributed by atoms with Gasteiger partial charge in [0.05, 0.1) is 38.3 Å². The van der Waals surface area contributed by atoms with Crippen LogP contribution < -0.4 is 11.5 Å². The summed E-state index contributed by atoms with van der Waals surface area (Å²) < 4.78 is 28.2. The number of aliphatic hydroxyl groups excluding tert-OH is 4. The first kappa shape index (κ1) is 22.9. The first-order valence-electron chi connectivity index (χ1n) is 8.68. The van der Waals surface area contributed by atoms with Gasteiger partial charge in [-0.25, -0.2) is 19.5 Å². The molecule has 0 aliphatic carbocycles. The predicted octanol–water partition coefficient (Wildman–Crippen LogP) is -3.16. The van der Waals surface area contributed by atoms with E-state index in [9.17, 15) is 14.6 Å². The zero-order valence-electron chi connectivity index (χ0n) is 15.6. The monoisotopic (exact) mass is 450 g/mol. The standard InChI is InChI=1S/C10H12N5O6P.C4H11NO3/c11-8-5-9(13-2-12-8)15(3-14-5)10-6(16)7-4(20-10)1-19-22(17,18)21-7;5-4(1-6,2-7)3-8/h2-4,6-7,10,16H,1H2,(H,17,18)(H2,11,12,13);6-8H,1-3,5H2/t4-,6-,7-,10-;/m1./s1. The van der Waals surface area contributed by atoms with Gasteiger partial charge in [0.15, 0.2) is 17.7 Å². The molecule has 15 nitrogen and oxygen atoms in total. The number of imidazole rings is 1. The van der Waals surface area contributed by atoms with Crippen LogP contribution in [0.3, 0.4) is 0 Å². The number of ether oxygens (including phenoxy) is 1. The molecule has 0 saturated carbocycles. The summed E-state index contributed by atoms with van der Waals surface area (Å²) in [7, 11) is -4.16. The van der Waals surface area contributed by atoms with Crippen LogP contribution in [-0.4, -0.2) is 95.1 Å². The van der Waals surface area contributed by atoms with Crippen LogP contribution in [0.15, 0.2) is 12.7 Å². The molecular weight excluding hydrogens is 427 g/mol. The molecule has 4 rings (SSSR count). The molecule has 0 amide bonds. The van der Waals surface area contributed by atoms with E-state index in [-0.39, 0.29) is 12.4 Å². The average molecular weight is 450 g/mol. The Bertz CT molecular complexity index is 916. The second kappa shape index (κ2) is 8.76. The van der Waals surface area contributed by atoms with Crippen LogP contribution in [0.2, 0.25) is 0 Å². The summed E-state index contributed by atoms with van der Waals surface area (Å²) in [5, 5.41) is 35.4. The highest BCUT2D eigenvalue weighted by atomic mass is 31.2. The molecule has 2 aliphatic heterocycles. The highest BCUT2D eigenvalue weighted by Crippen LogP contribution is 2.52. The second-order valence-electron chi connectivity index (χ2n) is 6.81. The molecule has 4 heterocycles. The molecule has 1 unspecified atom stereocenters. The van der Waals surface area contributed by atoms with Gasteiger partial charge in [0.25, 0.3) is 0 Å². The maximum Gasteiger partial charge on any atom is 0.472 e. The smallest absolute Gasteiger partial charge is 0.394 e. The topological polar surface area (TPSA) is 242 Å². The van der Waals surface area contributed by atoms with E-state index in [0.717, 1.165) is 0 Å². The Morgan fingerprint density at radius 3 is 2.50 bits per heavy atom. The molecule has 0 radical (unpaired) electrons. The van der Waals surface area contributed by atoms with Gasteiger partial charge < -0.3 is 41.5 Å². The van der Waals surface area contributed by atoms with Crippen molar-refractivity contribution in [1.29, 1.82) is 0 Å². The first-order valence-corrected chi connectivity index (χ1v) is 10.2. The molecule has 2 saturated heterocycles. The fourth-order valence-electron chi connectivity index (χ4n) is 2.77. The summed E-state index contributed by atoms with van der Waals surface area (Å²) in [6.07, 6.45) is -1.07. The highest BCUT2D eigenvalue weighted by Gasteiger charge is 2.52. The Morgan fingerprint density at radius 2 is 1.90 bits per heavy atom. The number of nitrogen functional groups attached to an aromatic ring is 1. The van der Waals surface area contributed by atoms with E-state index in [2.05, 4.69) is 19.5 Å². The van der Waals surface area contributed by atoms with Gasteiger partial charge in [-0.2, -0.15) is 0 Å². The number of hydrogen-bond acceptors (Lipinski definition) is 13. The highest BCUT2D eigenvalue weighted by molar-refractivity contribution is 7.47. The molecule has 2 aliphatic rings. The molecule has 0 bridgehead atoms. The number of fused-ring (bicyclic) bond motifs is 2. The van der Waals surface area contributed by atoms with Crippen LogP contribution in [-0.2, 0) is 18.3 Å². The SMILES string of the molecule is NC(CO)(CO)CO.Nc1ncnc2c1ncn2[C@@H]1O[C@@H]2COP(=O)(O)O[C@H]2[C@H]1O. The van der Waals surface area contributed by atoms with Crippen LogP contribution in [0.5, 0.6) is 0 Å². The van der Waals surface area contributed by atoms with E-state index < -0.39 is 57.7 Å². The third-order valence-electron chi connectivity index (χ3n) is 4.57. The van der Waals surface area contributed by atoms with Gasteiger partial charge in [0, 0.05) is 0 Å². The van der Waals surface area contributed by atoms with Gasteiger partial charge in [-0.3, -0.25) is 13.6 Å². The molecule has 168 valence electrons. The number of phosphoric ester groups is 1. The molecule has 16 heteroatoms. The summed E-state index contributed by atoms with van der Waals surface area (Å²) in [5.74, 6) is 0.202. The lowest BCUT2D eigenvalue weighted by Crippen LogP contribution is -2.50. The van der Waals surface area contributed by atoms with E-state index in [1.165, 1.54) is 17.2 Å². The molecule has 2 aromatic rings. The van der Waals surface area contributed by atoms with Crippen molar-refractivity contribution in [3.05, 3.63) is 12.7 Å². The van der Waals surface area contributed by atoms with Crippen LogP contribution in [0.1, 0.15) is 6.23 Å². The van der Waals surface area contributed by atoms with Crippen molar-refractivity contribution in [1.82, 2.24) is 19.5 Å². The second-order valence-corrected chi connectivity index (χ2v) is 8.22. The molecule has 2 aromatic heterocycles. The molecule has 0 aromatic carbocycles. The summed E-state index contributed by atoms with van der Waals surface area (Å²) in [5.41, 5.74) is 10.4. The van der Waals surface area contributed by atoms with Gasteiger partial charge in [0.1, 0.15) is 30.2 Å². The van der Waals surface area contributed by atoms with E-state index in [1.54, 1.807) is 0 Å². The number of hydrogen-bond donors (Lipinski definition) is 7. The Morgan fingerprint density at radius 1 is 1.23 bits per heavy atom. The Labute approximate surface area is 169 Å². The van der Waals surface area contributed by atoms with Crippen LogP contribution >= 0.6 is 7.82 Å². The number of anilines is 1. The maximum absolute atomic E-state index is 11.5. The third-order valence-corrected chi connectivity index (χ3v) is 5.56. The fourth-order valence-corrected chi connectivity index (χ4v) is 3.74. The predicted molar refractivity (Wildman–Crippen MR) is 98.5 cm³/mol. The van der Waals surface area contributed by atoms with Crippen LogP contribution in [0.25, 0.3) is 11.2 Å².